The van der Waals surface area contributed by atoms with Crippen molar-refractivity contribution in [2.45, 2.75) is 6.42 Å². The summed E-state index contributed by atoms with van der Waals surface area (Å²) in [5.74, 6) is -0.0457. The summed E-state index contributed by atoms with van der Waals surface area (Å²) in [4.78, 5) is 17.0. The molecule has 4 aromatic rings. The largest absolute Gasteiger partial charge is 0.324 e. The Kier molecular flexibility index (Phi) is 4.44. The van der Waals surface area contributed by atoms with E-state index in [-0.39, 0.29) is 5.91 Å². The van der Waals surface area contributed by atoms with Crippen LogP contribution in [0.5, 0.6) is 0 Å². The van der Waals surface area contributed by atoms with Crippen LogP contribution in [-0.4, -0.2) is 10.9 Å². The van der Waals surface area contributed by atoms with Gasteiger partial charge in [0.1, 0.15) is 0 Å². The van der Waals surface area contributed by atoms with Crippen molar-refractivity contribution in [2.24, 2.45) is 0 Å². The molecule has 3 nitrogen and oxygen atoms in total. The van der Waals surface area contributed by atoms with Crippen LogP contribution in [0.2, 0.25) is 0 Å². The van der Waals surface area contributed by atoms with Gasteiger partial charge in [0.25, 0.3) is 0 Å². The minimum atomic E-state index is -0.0457. The molecule has 0 bridgehead atoms. The van der Waals surface area contributed by atoms with Crippen LogP contribution >= 0.6 is 0 Å². The molecule has 0 radical (unpaired) electrons. The van der Waals surface area contributed by atoms with E-state index in [9.17, 15) is 4.79 Å². The second-order valence-electron chi connectivity index (χ2n) is 6.14. The number of hydrogen-bond acceptors (Lipinski definition) is 2. The van der Waals surface area contributed by atoms with E-state index in [1.54, 1.807) is 6.20 Å². The van der Waals surface area contributed by atoms with E-state index >= 15 is 0 Å². The SMILES string of the molecule is O=C(Cc1ccccc1)Nc1ccc(-c2ccccc2)c2cccnc12. The quantitative estimate of drug-likeness (QED) is 0.563. The Morgan fingerprint density at radius 2 is 1.54 bits per heavy atom. The fraction of sp³-hybridized carbons (Fsp3) is 0.0435. The third-order valence-electron chi connectivity index (χ3n) is 4.34. The molecule has 0 saturated heterocycles. The van der Waals surface area contributed by atoms with Crippen molar-refractivity contribution in [3.63, 3.8) is 0 Å². The molecule has 0 atom stereocenters. The van der Waals surface area contributed by atoms with Crippen LogP contribution in [0.15, 0.2) is 91.1 Å². The van der Waals surface area contributed by atoms with Gasteiger partial charge in [-0.3, -0.25) is 9.78 Å². The highest BCUT2D eigenvalue weighted by Crippen LogP contribution is 2.31. The molecule has 0 aliphatic carbocycles. The number of rotatable bonds is 4. The first-order valence-corrected chi connectivity index (χ1v) is 8.58. The molecule has 126 valence electrons. The highest BCUT2D eigenvalue weighted by Gasteiger charge is 2.11. The maximum absolute atomic E-state index is 12.4. The van der Waals surface area contributed by atoms with Gasteiger partial charge in [-0.1, -0.05) is 72.8 Å². The minimum absolute atomic E-state index is 0.0457. The lowest BCUT2D eigenvalue weighted by Gasteiger charge is -2.12. The maximum Gasteiger partial charge on any atom is 0.228 e. The first-order valence-electron chi connectivity index (χ1n) is 8.58. The summed E-state index contributed by atoms with van der Waals surface area (Å²) >= 11 is 0. The number of benzene rings is 3. The van der Waals surface area contributed by atoms with E-state index in [1.165, 1.54) is 0 Å². The fourth-order valence-corrected chi connectivity index (χ4v) is 3.12. The molecule has 0 aliphatic heterocycles. The fourth-order valence-electron chi connectivity index (χ4n) is 3.12. The van der Waals surface area contributed by atoms with Crippen molar-refractivity contribution in [1.82, 2.24) is 4.98 Å². The summed E-state index contributed by atoms with van der Waals surface area (Å²) in [6.45, 7) is 0. The molecule has 0 fully saturated rings. The monoisotopic (exact) mass is 338 g/mol. The van der Waals surface area contributed by atoms with Gasteiger partial charge in [0, 0.05) is 11.6 Å². The minimum Gasteiger partial charge on any atom is -0.324 e. The molecule has 1 heterocycles. The number of anilines is 1. The van der Waals surface area contributed by atoms with Gasteiger partial charge in [0.05, 0.1) is 17.6 Å². The molecule has 1 amide bonds. The van der Waals surface area contributed by atoms with E-state index in [1.807, 2.05) is 72.8 Å². The van der Waals surface area contributed by atoms with Gasteiger partial charge in [0.15, 0.2) is 0 Å². The normalized spacial score (nSPS) is 10.6. The maximum atomic E-state index is 12.4. The number of pyridine rings is 1. The summed E-state index contributed by atoms with van der Waals surface area (Å²) in [5.41, 5.74) is 4.77. The predicted octanol–water partition coefficient (Wildman–Crippen LogP) is 5.08. The van der Waals surface area contributed by atoms with Gasteiger partial charge < -0.3 is 5.32 Å². The lowest BCUT2D eigenvalue weighted by molar-refractivity contribution is -0.115. The second-order valence-corrected chi connectivity index (χ2v) is 6.14. The van der Waals surface area contributed by atoms with E-state index in [0.717, 1.165) is 33.3 Å². The van der Waals surface area contributed by atoms with Crippen molar-refractivity contribution in [1.29, 1.82) is 0 Å². The van der Waals surface area contributed by atoms with E-state index in [2.05, 4.69) is 22.4 Å². The number of nitrogens with one attached hydrogen (secondary N) is 1. The Hall–Kier alpha value is -3.46. The first-order chi connectivity index (χ1) is 12.8. The number of fused-ring (bicyclic) bond motifs is 1. The standard InChI is InChI=1S/C23H18N2O/c26-22(16-17-8-3-1-4-9-17)25-21-14-13-19(18-10-5-2-6-11-18)20-12-7-15-24-23(20)21/h1-15H,16H2,(H,25,26). The van der Waals surface area contributed by atoms with Crippen LogP contribution in [0.25, 0.3) is 22.0 Å². The molecule has 0 aliphatic rings. The summed E-state index contributed by atoms with van der Waals surface area (Å²) in [6.07, 6.45) is 2.10. The van der Waals surface area contributed by atoms with Gasteiger partial charge in [-0.2, -0.15) is 0 Å². The predicted molar refractivity (Wildman–Crippen MR) is 106 cm³/mol. The third-order valence-corrected chi connectivity index (χ3v) is 4.34. The van der Waals surface area contributed by atoms with E-state index in [4.69, 9.17) is 0 Å². The molecule has 3 heteroatoms. The van der Waals surface area contributed by atoms with Crippen LogP contribution in [0.3, 0.4) is 0 Å². The summed E-state index contributed by atoms with van der Waals surface area (Å²) in [5, 5.41) is 4.03. The molecule has 1 aromatic heterocycles. The number of carbonyl (C=O) groups is 1. The Bertz CT molecular complexity index is 1040. The first kappa shape index (κ1) is 16.0. The molecule has 0 unspecified atom stereocenters. The molecule has 1 N–H and O–H groups in total. The lowest BCUT2D eigenvalue weighted by Crippen LogP contribution is -2.14. The van der Waals surface area contributed by atoms with Gasteiger partial charge in [-0.25, -0.2) is 0 Å². The van der Waals surface area contributed by atoms with Crippen molar-refractivity contribution in [3.05, 3.63) is 96.7 Å². The Morgan fingerprint density at radius 1 is 0.808 bits per heavy atom. The Labute approximate surface area is 152 Å². The van der Waals surface area contributed by atoms with Crippen LogP contribution < -0.4 is 5.32 Å². The lowest BCUT2D eigenvalue weighted by atomic mass is 10.00. The smallest absolute Gasteiger partial charge is 0.228 e. The zero-order chi connectivity index (χ0) is 17.8. The van der Waals surface area contributed by atoms with Crippen LogP contribution in [0.4, 0.5) is 5.69 Å². The van der Waals surface area contributed by atoms with Crippen LogP contribution in [-0.2, 0) is 11.2 Å². The Morgan fingerprint density at radius 3 is 2.31 bits per heavy atom. The molecule has 0 saturated carbocycles. The van der Waals surface area contributed by atoms with E-state index in [0.29, 0.717) is 6.42 Å². The molecule has 0 spiro atoms. The molecule has 3 aromatic carbocycles. The highest BCUT2D eigenvalue weighted by molar-refractivity contribution is 6.05. The Balaban J connectivity index is 1.68. The van der Waals surface area contributed by atoms with Crippen LogP contribution in [0.1, 0.15) is 5.56 Å². The number of carbonyl (C=O) groups excluding carboxylic acids is 1. The highest BCUT2D eigenvalue weighted by atomic mass is 16.1. The summed E-state index contributed by atoms with van der Waals surface area (Å²) < 4.78 is 0. The second kappa shape index (κ2) is 7.19. The number of amides is 1. The van der Waals surface area contributed by atoms with Gasteiger partial charge in [0.2, 0.25) is 5.91 Å². The molecule has 26 heavy (non-hydrogen) atoms. The van der Waals surface area contributed by atoms with Gasteiger partial charge >= 0.3 is 0 Å². The zero-order valence-electron chi connectivity index (χ0n) is 14.2. The van der Waals surface area contributed by atoms with Crippen molar-refractivity contribution in [2.75, 3.05) is 5.32 Å². The number of aromatic nitrogens is 1. The van der Waals surface area contributed by atoms with Crippen molar-refractivity contribution >= 4 is 22.5 Å². The zero-order valence-corrected chi connectivity index (χ0v) is 14.2. The number of hydrogen-bond donors (Lipinski definition) is 1. The third kappa shape index (κ3) is 3.33. The van der Waals surface area contributed by atoms with Crippen LogP contribution in [0, 0.1) is 0 Å². The number of nitrogens with zero attached hydrogens (tertiary/aromatic N) is 1. The topological polar surface area (TPSA) is 42.0 Å². The van der Waals surface area contributed by atoms with Crippen molar-refractivity contribution < 1.29 is 4.79 Å². The molecule has 4 rings (SSSR count). The molecular formula is C23H18N2O. The average molecular weight is 338 g/mol. The van der Waals surface area contributed by atoms with Crippen molar-refractivity contribution in [3.8, 4) is 11.1 Å². The van der Waals surface area contributed by atoms with E-state index < -0.39 is 0 Å². The van der Waals surface area contributed by atoms with Gasteiger partial charge in [-0.15, -0.1) is 0 Å². The van der Waals surface area contributed by atoms with Gasteiger partial charge in [-0.05, 0) is 28.8 Å². The summed E-state index contributed by atoms with van der Waals surface area (Å²) in [7, 11) is 0. The summed E-state index contributed by atoms with van der Waals surface area (Å²) in [6, 6.07) is 27.9. The average Bonchev–Trinajstić information content (AvgIpc) is 2.70. The molecular weight excluding hydrogens is 320 g/mol.